The van der Waals surface area contributed by atoms with Crippen LogP contribution < -0.4 is 5.73 Å². The van der Waals surface area contributed by atoms with Crippen LogP contribution in [0.2, 0.25) is 0 Å². The van der Waals surface area contributed by atoms with Crippen LogP contribution in [0.3, 0.4) is 0 Å². The number of nitrogens with two attached hydrogens (primary N) is 1. The van der Waals surface area contributed by atoms with Crippen molar-refractivity contribution in [1.82, 2.24) is 8.61 Å². The normalized spacial score (nSPS) is 26.5. The van der Waals surface area contributed by atoms with Gasteiger partial charge in [-0.05, 0) is 32.6 Å². The molecule has 0 spiro atoms. The molecule has 0 aromatic carbocycles. The van der Waals surface area contributed by atoms with Crippen molar-refractivity contribution in [3.05, 3.63) is 0 Å². The molecule has 0 aliphatic heterocycles. The van der Waals surface area contributed by atoms with Gasteiger partial charge in [-0.2, -0.15) is 17.0 Å². The van der Waals surface area contributed by atoms with E-state index < -0.39 is 10.2 Å². The molecule has 16 heavy (non-hydrogen) atoms. The van der Waals surface area contributed by atoms with Gasteiger partial charge in [-0.25, -0.2) is 0 Å². The Morgan fingerprint density at radius 2 is 1.81 bits per heavy atom. The fourth-order valence-electron chi connectivity index (χ4n) is 1.88. The Morgan fingerprint density at radius 1 is 1.31 bits per heavy atom. The van der Waals surface area contributed by atoms with Crippen molar-refractivity contribution in [2.75, 3.05) is 20.6 Å². The Kier molecular flexibility index (Phi) is 4.34. The lowest BCUT2D eigenvalue weighted by atomic mass is 9.81. The van der Waals surface area contributed by atoms with Crippen LogP contribution in [0.25, 0.3) is 0 Å². The van der Waals surface area contributed by atoms with Gasteiger partial charge in [0.1, 0.15) is 0 Å². The lowest BCUT2D eigenvalue weighted by Crippen LogP contribution is -2.48. The Labute approximate surface area is 98.8 Å². The second kappa shape index (κ2) is 5.00. The first kappa shape index (κ1) is 13.9. The van der Waals surface area contributed by atoms with Crippen LogP contribution in [-0.4, -0.2) is 49.8 Å². The van der Waals surface area contributed by atoms with Gasteiger partial charge in [0.05, 0.1) is 0 Å². The van der Waals surface area contributed by atoms with E-state index in [-0.39, 0.29) is 12.1 Å². The lowest BCUT2D eigenvalue weighted by molar-refractivity contribution is 0.220. The fraction of sp³-hybridized carbons (Fsp3) is 1.00. The van der Waals surface area contributed by atoms with Gasteiger partial charge in [-0.1, -0.05) is 0 Å². The van der Waals surface area contributed by atoms with E-state index in [1.54, 1.807) is 14.1 Å². The van der Waals surface area contributed by atoms with E-state index in [4.69, 9.17) is 5.73 Å². The van der Waals surface area contributed by atoms with E-state index >= 15 is 0 Å². The average Bonchev–Trinajstić information content (AvgIpc) is 2.13. The molecule has 0 atom stereocenters. The smallest absolute Gasteiger partial charge is 0.281 e. The van der Waals surface area contributed by atoms with Crippen LogP contribution in [0.4, 0.5) is 0 Å². The molecule has 1 fully saturated rings. The molecule has 0 aromatic rings. The van der Waals surface area contributed by atoms with Gasteiger partial charge in [-0.3, -0.25) is 0 Å². The van der Waals surface area contributed by atoms with E-state index in [1.165, 1.54) is 8.61 Å². The van der Waals surface area contributed by atoms with Gasteiger partial charge >= 0.3 is 0 Å². The van der Waals surface area contributed by atoms with Crippen molar-refractivity contribution < 1.29 is 8.42 Å². The zero-order valence-electron chi connectivity index (χ0n) is 10.5. The topological polar surface area (TPSA) is 66.6 Å². The van der Waals surface area contributed by atoms with E-state index in [0.717, 1.165) is 12.8 Å². The van der Waals surface area contributed by atoms with Crippen LogP contribution in [0.1, 0.15) is 26.7 Å². The number of hydrogen-bond acceptors (Lipinski definition) is 3. The minimum absolute atomic E-state index is 0.0175. The van der Waals surface area contributed by atoms with Gasteiger partial charge in [0.15, 0.2) is 0 Å². The molecule has 2 N–H and O–H groups in total. The van der Waals surface area contributed by atoms with E-state index in [0.29, 0.717) is 12.5 Å². The van der Waals surface area contributed by atoms with Crippen molar-refractivity contribution in [3.8, 4) is 0 Å². The third-order valence-corrected chi connectivity index (χ3v) is 5.36. The number of nitrogens with zero attached hydrogens (tertiary/aromatic N) is 2. The highest BCUT2D eigenvalue weighted by molar-refractivity contribution is 7.86. The molecule has 0 saturated heterocycles. The SMILES string of the molecule is CC(C)N(C)S(=O)(=O)N(C)CC1CC(N)C1. The molecule has 1 saturated carbocycles. The number of hydrogen-bond donors (Lipinski definition) is 1. The maximum absolute atomic E-state index is 12.0. The van der Waals surface area contributed by atoms with E-state index in [1.807, 2.05) is 13.8 Å². The molecule has 0 bridgehead atoms. The van der Waals surface area contributed by atoms with E-state index in [9.17, 15) is 8.42 Å². The van der Waals surface area contributed by atoms with Crippen molar-refractivity contribution >= 4 is 10.2 Å². The molecular weight excluding hydrogens is 226 g/mol. The second-order valence-electron chi connectivity index (χ2n) is 5.00. The lowest BCUT2D eigenvalue weighted by Gasteiger charge is -2.36. The maximum atomic E-state index is 12.0. The first-order valence-corrected chi connectivity index (χ1v) is 7.09. The summed E-state index contributed by atoms with van der Waals surface area (Å²) >= 11 is 0. The van der Waals surface area contributed by atoms with Gasteiger partial charge in [0.25, 0.3) is 10.2 Å². The van der Waals surface area contributed by atoms with Crippen molar-refractivity contribution in [1.29, 1.82) is 0 Å². The molecule has 1 rings (SSSR count). The van der Waals surface area contributed by atoms with E-state index in [2.05, 4.69) is 0 Å². The van der Waals surface area contributed by atoms with Crippen LogP contribution in [0.15, 0.2) is 0 Å². The maximum Gasteiger partial charge on any atom is 0.281 e. The molecule has 0 aromatic heterocycles. The van der Waals surface area contributed by atoms with Crippen LogP contribution >= 0.6 is 0 Å². The highest BCUT2D eigenvalue weighted by Crippen LogP contribution is 2.27. The van der Waals surface area contributed by atoms with Crippen LogP contribution in [0, 0.1) is 5.92 Å². The summed E-state index contributed by atoms with van der Waals surface area (Å²) in [5, 5.41) is 0. The summed E-state index contributed by atoms with van der Waals surface area (Å²) in [4.78, 5) is 0. The summed E-state index contributed by atoms with van der Waals surface area (Å²) in [5.41, 5.74) is 5.68. The zero-order chi connectivity index (χ0) is 12.5. The highest BCUT2D eigenvalue weighted by atomic mass is 32.2. The third-order valence-electron chi connectivity index (χ3n) is 3.27. The molecule has 1 aliphatic rings. The second-order valence-corrected chi connectivity index (χ2v) is 7.09. The zero-order valence-corrected chi connectivity index (χ0v) is 11.4. The van der Waals surface area contributed by atoms with Crippen molar-refractivity contribution in [2.45, 2.75) is 38.8 Å². The monoisotopic (exact) mass is 249 g/mol. The average molecular weight is 249 g/mol. The summed E-state index contributed by atoms with van der Waals surface area (Å²) in [7, 11) is -0.0501. The summed E-state index contributed by atoms with van der Waals surface area (Å²) in [6.45, 7) is 4.31. The summed E-state index contributed by atoms with van der Waals surface area (Å²) in [5.74, 6) is 0.426. The summed E-state index contributed by atoms with van der Waals surface area (Å²) in [6.07, 6.45) is 1.87. The summed E-state index contributed by atoms with van der Waals surface area (Å²) < 4.78 is 26.9. The third kappa shape index (κ3) is 2.94. The predicted octanol–water partition coefficient (Wildman–Crippen LogP) is 0.241. The number of rotatable bonds is 5. The van der Waals surface area contributed by atoms with Gasteiger partial charge in [0, 0.05) is 32.7 Å². The quantitative estimate of drug-likeness (QED) is 0.759. The summed E-state index contributed by atoms with van der Waals surface area (Å²) in [6, 6.07) is 0.250. The highest BCUT2D eigenvalue weighted by Gasteiger charge is 2.32. The Hall–Kier alpha value is -0.170. The molecule has 0 amide bonds. The van der Waals surface area contributed by atoms with Crippen molar-refractivity contribution in [2.24, 2.45) is 11.7 Å². The van der Waals surface area contributed by atoms with Gasteiger partial charge in [0.2, 0.25) is 0 Å². The first-order chi connectivity index (χ1) is 7.25. The predicted molar refractivity (Wildman–Crippen MR) is 65.1 cm³/mol. The van der Waals surface area contributed by atoms with Gasteiger partial charge < -0.3 is 5.73 Å². The van der Waals surface area contributed by atoms with Crippen LogP contribution in [-0.2, 0) is 10.2 Å². The molecule has 1 aliphatic carbocycles. The molecule has 96 valence electrons. The molecule has 0 radical (unpaired) electrons. The Balaban J connectivity index is 2.55. The fourth-order valence-corrected chi connectivity index (χ4v) is 3.25. The Morgan fingerprint density at radius 3 is 2.19 bits per heavy atom. The molecule has 0 unspecified atom stereocenters. The standard InChI is InChI=1S/C10H23N3O2S/c1-8(2)13(4)16(14,15)12(3)7-9-5-10(11)6-9/h8-10H,5-7,11H2,1-4H3. The molecule has 0 heterocycles. The largest absolute Gasteiger partial charge is 0.328 e. The minimum Gasteiger partial charge on any atom is -0.328 e. The van der Waals surface area contributed by atoms with Crippen molar-refractivity contribution in [3.63, 3.8) is 0 Å². The molecule has 6 heteroatoms. The van der Waals surface area contributed by atoms with Gasteiger partial charge in [-0.15, -0.1) is 0 Å². The minimum atomic E-state index is -3.30. The molecular formula is C10H23N3O2S. The molecule has 5 nitrogen and oxygen atoms in total. The first-order valence-electron chi connectivity index (χ1n) is 5.70. The Bertz CT molecular complexity index is 323. The van der Waals surface area contributed by atoms with Crippen LogP contribution in [0.5, 0.6) is 0 Å².